The molecule has 1 aliphatic rings. The summed E-state index contributed by atoms with van der Waals surface area (Å²) in [6.45, 7) is 5.42. The molecule has 1 aliphatic heterocycles. The maximum atomic E-state index is 12.7. The van der Waals surface area contributed by atoms with Crippen LogP contribution in [0.4, 0.5) is 5.00 Å². The molecule has 1 N–H and O–H groups in total. The van der Waals surface area contributed by atoms with Gasteiger partial charge in [0.15, 0.2) is 0 Å². The number of carbonyl (C=O) groups excluding carboxylic acids is 2. The minimum Gasteiger partial charge on any atom is -0.499 e. The Bertz CT molecular complexity index is 1030. The second-order valence-electron chi connectivity index (χ2n) is 7.48. The summed E-state index contributed by atoms with van der Waals surface area (Å²) in [4.78, 5) is 32.0. The zero-order chi connectivity index (χ0) is 22.9. The zero-order valence-electron chi connectivity index (χ0n) is 18.5. The molecule has 3 heterocycles. The Morgan fingerprint density at radius 3 is 2.81 bits per heavy atom. The van der Waals surface area contributed by atoms with Gasteiger partial charge in [-0.05, 0) is 56.0 Å². The highest BCUT2D eigenvalue weighted by atomic mass is 32.1. The highest BCUT2D eigenvalue weighted by Crippen LogP contribution is 2.37. The lowest BCUT2D eigenvalue weighted by atomic mass is 10.0. The Morgan fingerprint density at radius 1 is 1.34 bits per heavy atom. The molecular weight excluding hydrogens is 424 g/mol. The van der Waals surface area contributed by atoms with Gasteiger partial charge >= 0.3 is 0 Å². The van der Waals surface area contributed by atoms with E-state index in [1.54, 1.807) is 12.4 Å². The van der Waals surface area contributed by atoms with Crippen molar-refractivity contribution in [3.8, 4) is 6.07 Å². The van der Waals surface area contributed by atoms with Crippen LogP contribution in [0.1, 0.15) is 56.1 Å². The molecule has 0 radical (unpaired) electrons. The first-order chi connectivity index (χ1) is 15.5. The fourth-order valence-electron chi connectivity index (χ4n) is 3.69. The second-order valence-corrected chi connectivity index (χ2v) is 8.58. The number of aryl methyl sites for hydroxylation is 1. The average Bonchev–Trinajstić information content (AvgIpc) is 3.16. The number of thiophene rings is 1. The number of hydrogen-bond acceptors (Lipinski definition) is 6. The molecule has 2 aromatic rings. The van der Waals surface area contributed by atoms with Crippen LogP contribution < -0.4 is 5.32 Å². The minimum absolute atomic E-state index is 0. The summed E-state index contributed by atoms with van der Waals surface area (Å²) in [5.41, 5.74) is 2.57. The highest BCUT2D eigenvalue weighted by Gasteiger charge is 2.27. The van der Waals surface area contributed by atoms with E-state index in [1.807, 2.05) is 37.0 Å². The van der Waals surface area contributed by atoms with Crippen LogP contribution in [0.25, 0.3) is 0 Å². The molecule has 0 aromatic carbocycles. The SMILES string of the molecule is C/C=C(/CCC(=O)Nc1sc2c(c1C#N)CCN(C(=O)CCc1ccncc1)C2)OCC.[HH]. The quantitative estimate of drug-likeness (QED) is 0.565. The lowest BCUT2D eigenvalue weighted by Crippen LogP contribution is -2.35. The molecule has 7 nitrogen and oxygen atoms in total. The van der Waals surface area contributed by atoms with Gasteiger partial charge in [0.2, 0.25) is 11.8 Å². The van der Waals surface area contributed by atoms with E-state index in [0.717, 1.165) is 21.8 Å². The molecule has 32 heavy (non-hydrogen) atoms. The number of rotatable bonds is 9. The van der Waals surface area contributed by atoms with Crippen LogP contribution >= 0.6 is 11.3 Å². The van der Waals surface area contributed by atoms with Gasteiger partial charge in [-0.25, -0.2) is 0 Å². The van der Waals surface area contributed by atoms with Crippen molar-refractivity contribution in [2.24, 2.45) is 0 Å². The third-order valence-corrected chi connectivity index (χ3v) is 6.53. The number of nitrogens with zero attached hydrogens (tertiary/aromatic N) is 3. The molecule has 0 aliphatic carbocycles. The van der Waals surface area contributed by atoms with Crippen LogP contribution in [0.3, 0.4) is 0 Å². The highest BCUT2D eigenvalue weighted by molar-refractivity contribution is 7.16. The Hall–Kier alpha value is -3.18. The fourth-order valence-corrected chi connectivity index (χ4v) is 4.92. The van der Waals surface area contributed by atoms with Gasteiger partial charge in [-0.15, -0.1) is 11.3 Å². The molecule has 0 bridgehead atoms. The van der Waals surface area contributed by atoms with Gasteiger partial charge in [-0.2, -0.15) is 5.26 Å². The number of aromatic nitrogens is 1. The summed E-state index contributed by atoms with van der Waals surface area (Å²) in [6.07, 6.45) is 7.86. The van der Waals surface area contributed by atoms with Gasteiger partial charge in [-0.1, -0.05) is 0 Å². The van der Waals surface area contributed by atoms with Gasteiger partial charge in [-0.3, -0.25) is 14.6 Å². The monoisotopic (exact) mass is 454 g/mol. The molecule has 0 saturated heterocycles. The lowest BCUT2D eigenvalue weighted by Gasteiger charge is -2.27. The largest absolute Gasteiger partial charge is 0.499 e. The predicted molar refractivity (Wildman–Crippen MR) is 126 cm³/mol. The van der Waals surface area contributed by atoms with Gasteiger partial charge in [0.05, 0.1) is 24.5 Å². The van der Waals surface area contributed by atoms with Crippen LogP contribution in [0.15, 0.2) is 36.4 Å². The molecule has 2 aromatic heterocycles. The van der Waals surface area contributed by atoms with Crippen molar-refractivity contribution in [2.75, 3.05) is 18.5 Å². The number of fused-ring (bicyclic) bond motifs is 1. The van der Waals surface area contributed by atoms with Gasteiger partial charge in [0.25, 0.3) is 0 Å². The first-order valence-corrected chi connectivity index (χ1v) is 11.7. The zero-order valence-corrected chi connectivity index (χ0v) is 19.3. The normalized spacial score (nSPS) is 13.3. The van der Waals surface area contributed by atoms with E-state index in [2.05, 4.69) is 16.4 Å². The number of nitriles is 1. The Labute approximate surface area is 194 Å². The lowest BCUT2D eigenvalue weighted by molar-refractivity contribution is -0.132. The van der Waals surface area contributed by atoms with Crippen molar-refractivity contribution in [3.63, 3.8) is 0 Å². The number of hydrogen-bond donors (Lipinski definition) is 1. The number of allylic oxidation sites excluding steroid dienone is 2. The molecule has 3 rings (SSSR count). The number of carbonyl (C=O) groups is 2. The summed E-state index contributed by atoms with van der Waals surface area (Å²) in [5, 5.41) is 13.2. The van der Waals surface area contributed by atoms with Gasteiger partial charge in [0.1, 0.15) is 11.1 Å². The third-order valence-electron chi connectivity index (χ3n) is 5.40. The summed E-state index contributed by atoms with van der Waals surface area (Å²) < 4.78 is 5.48. The minimum atomic E-state index is -0.149. The Kier molecular flexibility index (Phi) is 8.40. The van der Waals surface area contributed by atoms with Crippen LogP contribution in [0, 0.1) is 11.3 Å². The first kappa shape index (κ1) is 23.5. The maximum Gasteiger partial charge on any atom is 0.225 e. The van der Waals surface area contributed by atoms with Crippen LogP contribution in [0.5, 0.6) is 0 Å². The van der Waals surface area contributed by atoms with Crippen molar-refractivity contribution >= 4 is 28.2 Å². The van der Waals surface area contributed by atoms with E-state index < -0.39 is 0 Å². The van der Waals surface area contributed by atoms with Gasteiger partial charge in [0, 0.05) is 44.5 Å². The van der Waals surface area contributed by atoms with Crippen molar-refractivity contribution in [2.45, 2.75) is 52.5 Å². The number of pyridine rings is 1. The molecule has 8 heteroatoms. The summed E-state index contributed by atoms with van der Waals surface area (Å²) in [6, 6.07) is 6.08. The molecular formula is C24H30N4O3S. The standard InChI is InChI=1S/C24H28N4O3S.H2/c1-3-18(31-4-2)6-7-22(29)27-24-20(15-25)19-11-14-28(16-21(19)32-24)23(30)8-5-17-9-12-26-13-10-17;/h3,9-10,12-13H,4-8,11,14,16H2,1-2H3,(H,27,29);1H/b18-3-;. The van der Waals surface area contributed by atoms with E-state index in [4.69, 9.17) is 4.74 Å². The predicted octanol–water partition coefficient (Wildman–Crippen LogP) is 4.44. The first-order valence-electron chi connectivity index (χ1n) is 10.8. The number of ether oxygens (including phenoxy) is 1. The Morgan fingerprint density at radius 2 is 2.12 bits per heavy atom. The molecule has 170 valence electrons. The summed E-state index contributed by atoms with van der Waals surface area (Å²) in [7, 11) is 0. The van der Waals surface area contributed by atoms with Crippen molar-refractivity contribution < 1.29 is 15.8 Å². The topological polar surface area (TPSA) is 95.3 Å². The smallest absolute Gasteiger partial charge is 0.225 e. The van der Waals surface area contributed by atoms with Crippen molar-refractivity contribution in [1.82, 2.24) is 9.88 Å². The summed E-state index contributed by atoms with van der Waals surface area (Å²) >= 11 is 1.40. The number of amides is 2. The van der Waals surface area contributed by atoms with Crippen molar-refractivity contribution in [1.29, 1.82) is 5.26 Å². The fraction of sp³-hybridized carbons (Fsp3) is 0.417. The number of nitrogens with one attached hydrogen (secondary N) is 1. The Balaban J connectivity index is 0.00000385. The van der Waals surface area contributed by atoms with E-state index in [9.17, 15) is 14.9 Å². The van der Waals surface area contributed by atoms with Crippen LogP contribution in [-0.4, -0.2) is 34.8 Å². The molecule has 2 amide bonds. The van der Waals surface area contributed by atoms with Crippen molar-refractivity contribution in [3.05, 3.63) is 57.9 Å². The molecule has 0 fully saturated rings. The molecule has 0 spiro atoms. The maximum absolute atomic E-state index is 12.7. The second kappa shape index (κ2) is 11.4. The average molecular weight is 455 g/mol. The van der Waals surface area contributed by atoms with E-state index >= 15 is 0 Å². The molecule has 0 unspecified atom stereocenters. The van der Waals surface area contributed by atoms with E-state index in [-0.39, 0.29) is 19.7 Å². The summed E-state index contributed by atoms with van der Waals surface area (Å²) in [5.74, 6) is 0.735. The van der Waals surface area contributed by atoms with E-state index in [0.29, 0.717) is 55.9 Å². The van der Waals surface area contributed by atoms with E-state index in [1.165, 1.54) is 11.3 Å². The molecule has 0 saturated carbocycles. The molecule has 0 atom stereocenters. The van der Waals surface area contributed by atoms with Gasteiger partial charge < -0.3 is 15.0 Å². The third kappa shape index (κ3) is 5.95. The number of anilines is 1. The van der Waals surface area contributed by atoms with Crippen LogP contribution in [-0.2, 0) is 33.7 Å². The van der Waals surface area contributed by atoms with Crippen LogP contribution in [0.2, 0.25) is 0 Å².